The SMILES string of the molecule is CN1CCCN(c2nnc(SCC(=O)O)s2)CC1. The summed E-state index contributed by atoms with van der Waals surface area (Å²) in [5.74, 6) is -0.787. The number of hydrogen-bond acceptors (Lipinski definition) is 7. The molecule has 0 bridgehead atoms. The van der Waals surface area contributed by atoms with Gasteiger partial charge in [-0.2, -0.15) is 0 Å². The number of hydrogen-bond donors (Lipinski definition) is 1. The van der Waals surface area contributed by atoms with Gasteiger partial charge in [-0.25, -0.2) is 0 Å². The second-order valence-corrected chi connectivity index (χ2v) is 6.36. The van der Waals surface area contributed by atoms with Crippen LogP contribution in [-0.2, 0) is 4.79 Å². The number of nitrogens with zero attached hydrogens (tertiary/aromatic N) is 4. The Hall–Kier alpha value is -0.860. The number of thioether (sulfide) groups is 1. The van der Waals surface area contributed by atoms with Gasteiger partial charge in [-0.15, -0.1) is 10.2 Å². The molecular formula is C10H16N4O2S2. The van der Waals surface area contributed by atoms with E-state index < -0.39 is 5.97 Å². The van der Waals surface area contributed by atoms with Gasteiger partial charge in [0.25, 0.3) is 0 Å². The predicted molar refractivity (Wildman–Crippen MR) is 72.6 cm³/mol. The fourth-order valence-corrected chi connectivity index (χ4v) is 3.36. The molecule has 2 heterocycles. The van der Waals surface area contributed by atoms with E-state index in [-0.39, 0.29) is 5.75 Å². The molecule has 1 fully saturated rings. The Morgan fingerprint density at radius 2 is 2.22 bits per heavy atom. The lowest BCUT2D eigenvalue weighted by atomic mass is 10.4. The number of rotatable bonds is 4. The highest BCUT2D eigenvalue weighted by Gasteiger charge is 2.16. The minimum atomic E-state index is -0.826. The van der Waals surface area contributed by atoms with E-state index in [2.05, 4.69) is 27.0 Å². The summed E-state index contributed by atoms with van der Waals surface area (Å²) in [7, 11) is 2.12. The maximum atomic E-state index is 10.5. The molecule has 8 heteroatoms. The summed E-state index contributed by atoms with van der Waals surface area (Å²) >= 11 is 2.70. The van der Waals surface area contributed by atoms with Crippen LogP contribution in [-0.4, -0.2) is 65.2 Å². The van der Waals surface area contributed by atoms with E-state index in [0.29, 0.717) is 0 Å². The summed E-state index contributed by atoms with van der Waals surface area (Å²) in [6.45, 7) is 4.07. The highest BCUT2D eigenvalue weighted by Crippen LogP contribution is 2.28. The molecule has 0 aliphatic carbocycles. The van der Waals surface area contributed by atoms with Crippen LogP contribution in [0.25, 0.3) is 0 Å². The number of likely N-dealkylation sites (N-methyl/N-ethyl adjacent to an activating group) is 1. The fourth-order valence-electron chi connectivity index (χ4n) is 1.75. The van der Waals surface area contributed by atoms with Crippen LogP contribution in [0.4, 0.5) is 5.13 Å². The third-order valence-corrected chi connectivity index (χ3v) is 4.81. The topological polar surface area (TPSA) is 69.6 Å². The monoisotopic (exact) mass is 288 g/mol. The molecule has 2 rings (SSSR count). The standard InChI is InChI=1S/C10H16N4O2S2/c1-13-3-2-4-14(6-5-13)9-11-12-10(18-9)17-7-8(15)16/h2-7H2,1H3,(H,15,16). The first-order valence-electron chi connectivity index (χ1n) is 5.77. The van der Waals surface area contributed by atoms with E-state index in [9.17, 15) is 4.79 Å². The number of carbonyl (C=O) groups is 1. The average molecular weight is 288 g/mol. The zero-order valence-electron chi connectivity index (χ0n) is 10.2. The van der Waals surface area contributed by atoms with Crippen molar-refractivity contribution in [3.63, 3.8) is 0 Å². The molecule has 1 aromatic rings. The molecule has 0 radical (unpaired) electrons. The Balaban J connectivity index is 1.94. The molecule has 0 amide bonds. The molecule has 1 N–H and O–H groups in total. The Morgan fingerprint density at radius 3 is 3.00 bits per heavy atom. The number of carboxylic acid groups (broad SMARTS) is 1. The highest BCUT2D eigenvalue weighted by atomic mass is 32.2. The van der Waals surface area contributed by atoms with E-state index in [1.165, 1.54) is 23.1 Å². The minimum absolute atomic E-state index is 0.0391. The third-order valence-electron chi connectivity index (χ3n) is 2.70. The molecule has 0 saturated carbocycles. The second-order valence-electron chi connectivity index (χ2n) is 4.18. The first-order valence-corrected chi connectivity index (χ1v) is 7.57. The van der Waals surface area contributed by atoms with E-state index in [4.69, 9.17) is 5.11 Å². The van der Waals surface area contributed by atoms with Crippen molar-refractivity contribution in [1.82, 2.24) is 15.1 Å². The molecule has 6 nitrogen and oxygen atoms in total. The van der Waals surface area contributed by atoms with Gasteiger partial charge in [-0.05, 0) is 20.0 Å². The Morgan fingerprint density at radius 1 is 1.39 bits per heavy atom. The highest BCUT2D eigenvalue weighted by molar-refractivity contribution is 8.01. The average Bonchev–Trinajstić information content (AvgIpc) is 2.69. The Kier molecular flexibility index (Phi) is 4.79. The smallest absolute Gasteiger partial charge is 0.313 e. The van der Waals surface area contributed by atoms with Crippen molar-refractivity contribution < 1.29 is 9.90 Å². The van der Waals surface area contributed by atoms with E-state index in [1.807, 2.05) is 0 Å². The van der Waals surface area contributed by atoms with Gasteiger partial charge in [0.05, 0.1) is 5.75 Å². The van der Waals surface area contributed by atoms with E-state index in [0.717, 1.165) is 42.1 Å². The van der Waals surface area contributed by atoms with Gasteiger partial charge in [0.2, 0.25) is 5.13 Å². The van der Waals surface area contributed by atoms with Crippen molar-refractivity contribution in [2.45, 2.75) is 10.8 Å². The Labute approximate surface area is 114 Å². The molecule has 0 unspecified atom stereocenters. The Bertz CT molecular complexity index is 412. The number of carboxylic acids is 1. The van der Waals surface area contributed by atoms with Gasteiger partial charge < -0.3 is 14.9 Å². The van der Waals surface area contributed by atoms with Crippen LogP contribution < -0.4 is 4.90 Å². The number of aliphatic carboxylic acids is 1. The summed E-state index contributed by atoms with van der Waals surface area (Å²) in [5, 5.41) is 17.7. The summed E-state index contributed by atoms with van der Waals surface area (Å²) in [4.78, 5) is 15.0. The molecule has 18 heavy (non-hydrogen) atoms. The van der Waals surface area contributed by atoms with Crippen LogP contribution in [0.3, 0.4) is 0 Å². The maximum absolute atomic E-state index is 10.5. The first-order chi connectivity index (χ1) is 8.65. The fraction of sp³-hybridized carbons (Fsp3) is 0.700. The summed E-state index contributed by atoms with van der Waals surface area (Å²) in [6.07, 6.45) is 1.12. The molecule has 100 valence electrons. The van der Waals surface area contributed by atoms with Crippen molar-refractivity contribution in [2.24, 2.45) is 0 Å². The van der Waals surface area contributed by atoms with Crippen LogP contribution in [0.2, 0.25) is 0 Å². The number of aromatic nitrogens is 2. The summed E-state index contributed by atoms with van der Waals surface area (Å²) < 4.78 is 0.727. The van der Waals surface area contributed by atoms with Crippen LogP contribution >= 0.6 is 23.1 Å². The van der Waals surface area contributed by atoms with Gasteiger partial charge in [0.1, 0.15) is 0 Å². The van der Waals surface area contributed by atoms with Gasteiger partial charge in [0.15, 0.2) is 4.34 Å². The van der Waals surface area contributed by atoms with Crippen molar-refractivity contribution in [3.8, 4) is 0 Å². The molecule has 0 aromatic carbocycles. The van der Waals surface area contributed by atoms with Gasteiger partial charge in [0, 0.05) is 19.6 Å². The van der Waals surface area contributed by atoms with E-state index in [1.54, 1.807) is 0 Å². The quantitative estimate of drug-likeness (QED) is 0.824. The summed E-state index contributed by atoms with van der Waals surface area (Å²) in [6, 6.07) is 0. The van der Waals surface area contributed by atoms with Crippen LogP contribution in [0.5, 0.6) is 0 Å². The number of anilines is 1. The van der Waals surface area contributed by atoms with Crippen LogP contribution in [0.15, 0.2) is 4.34 Å². The lowest BCUT2D eigenvalue weighted by molar-refractivity contribution is -0.133. The van der Waals surface area contributed by atoms with E-state index >= 15 is 0 Å². The molecule has 0 spiro atoms. The van der Waals surface area contributed by atoms with Crippen molar-refractivity contribution >= 4 is 34.2 Å². The van der Waals surface area contributed by atoms with Gasteiger partial charge in [-0.1, -0.05) is 23.1 Å². The van der Waals surface area contributed by atoms with Crippen LogP contribution in [0.1, 0.15) is 6.42 Å². The zero-order valence-corrected chi connectivity index (χ0v) is 11.8. The predicted octanol–water partition coefficient (Wildman–Crippen LogP) is 0.857. The van der Waals surface area contributed by atoms with Crippen molar-refractivity contribution in [1.29, 1.82) is 0 Å². The third kappa shape index (κ3) is 3.82. The van der Waals surface area contributed by atoms with Crippen molar-refractivity contribution in [3.05, 3.63) is 0 Å². The second kappa shape index (κ2) is 6.35. The molecule has 1 saturated heterocycles. The summed E-state index contributed by atoms with van der Waals surface area (Å²) in [5.41, 5.74) is 0. The lowest BCUT2D eigenvalue weighted by Gasteiger charge is -2.18. The normalized spacial score (nSPS) is 17.7. The van der Waals surface area contributed by atoms with Crippen LogP contribution in [0, 0.1) is 0 Å². The zero-order chi connectivity index (χ0) is 13.0. The van der Waals surface area contributed by atoms with Crippen molar-refractivity contribution in [2.75, 3.05) is 43.9 Å². The lowest BCUT2D eigenvalue weighted by Crippen LogP contribution is -2.28. The van der Waals surface area contributed by atoms with Gasteiger partial charge in [-0.3, -0.25) is 4.79 Å². The molecular weight excluding hydrogens is 272 g/mol. The molecule has 1 aromatic heterocycles. The maximum Gasteiger partial charge on any atom is 0.313 e. The molecule has 0 atom stereocenters. The largest absolute Gasteiger partial charge is 0.481 e. The minimum Gasteiger partial charge on any atom is -0.481 e. The molecule has 1 aliphatic rings. The molecule has 1 aliphatic heterocycles. The first kappa shape index (κ1) is 13.6. The van der Waals surface area contributed by atoms with Gasteiger partial charge >= 0.3 is 5.97 Å².